The lowest BCUT2D eigenvalue weighted by molar-refractivity contribution is -0.911. The maximum Gasteiger partial charge on any atom is 0.338 e. The van der Waals surface area contributed by atoms with Crippen LogP contribution in [0.15, 0.2) is 66.7 Å². The molecule has 2 aliphatic heterocycles. The van der Waals surface area contributed by atoms with E-state index < -0.39 is 23.9 Å². The highest BCUT2D eigenvalue weighted by atomic mass is 35.5. The second-order valence-corrected chi connectivity index (χ2v) is 11.6. The monoisotopic (exact) mass is 607 g/mol. The Morgan fingerprint density at radius 1 is 1.07 bits per heavy atom. The number of fused-ring (bicyclic) bond motifs is 1. The van der Waals surface area contributed by atoms with Crippen LogP contribution >= 0.6 is 11.6 Å². The van der Waals surface area contributed by atoms with Gasteiger partial charge in [0.25, 0.3) is 0 Å². The van der Waals surface area contributed by atoms with Crippen LogP contribution < -0.4 is 20.5 Å². The third kappa shape index (κ3) is 7.27. The summed E-state index contributed by atoms with van der Waals surface area (Å²) in [5.74, 6) is 0.525. The third-order valence-corrected chi connectivity index (χ3v) is 8.02. The maximum absolute atomic E-state index is 13.9. The predicted molar refractivity (Wildman–Crippen MR) is 162 cm³/mol. The van der Waals surface area contributed by atoms with Gasteiger partial charge in [-0.2, -0.15) is 0 Å². The average molecular weight is 608 g/mol. The number of nitrogens with zero attached hydrogens (tertiary/aromatic N) is 2. The molecule has 3 amide bonds. The van der Waals surface area contributed by atoms with Crippen molar-refractivity contribution in [3.05, 3.63) is 88.4 Å². The number of esters is 1. The van der Waals surface area contributed by atoms with Gasteiger partial charge < -0.3 is 29.7 Å². The Labute approximate surface area is 255 Å². The molecule has 10 nitrogen and oxygen atoms in total. The minimum absolute atomic E-state index is 0.208. The number of imide groups is 1. The molecule has 3 atom stereocenters. The van der Waals surface area contributed by atoms with Gasteiger partial charge in [-0.3, -0.25) is 9.69 Å². The van der Waals surface area contributed by atoms with Crippen LogP contribution in [-0.4, -0.2) is 72.9 Å². The summed E-state index contributed by atoms with van der Waals surface area (Å²) in [4.78, 5) is 41.0. The lowest BCUT2D eigenvalue weighted by Gasteiger charge is -2.33. The molecule has 2 aliphatic rings. The Bertz CT molecular complexity index is 1500. The van der Waals surface area contributed by atoms with Gasteiger partial charge in [-0.1, -0.05) is 23.7 Å². The Balaban J connectivity index is 1.34. The number of benzene rings is 3. The zero-order valence-electron chi connectivity index (χ0n) is 24.3. The number of rotatable bonds is 9. The van der Waals surface area contributed by atoms with Crippen LogP contribution in [0.25, 0.3) is 0 Å². The van der Waals surface area contributed by atoms with Gasteiger partial charge >= 0.3 is 12.0 Å². The van der Waals surface area contributed by atoms with E-state index in [1.54, 1.807) is 49.4 Å². The maximum atomic E-state index is 13.9. The number of carbonyl (C=O) groups is 3. The lowest BCUT2D eigenvalue weighted by Crippen LogP contribution is -2.55. The fourth-order valence-electron chi connectivity index (χ4n) is 5.70. The molecule has 3 N–H and O–H groups in total. The van der Waals surface area contributed by atoms with E-state index in [0.717, 1.165) is 29.2 Å². The highest BCUT2D eigenvalue weighted by Crippen LogP contribution is 2.34. The number of ether oxygens (including phenoxy) is 3. The minimum Gasteiger partial charge on any atom is -0.462 e. The topological polar surface area (TPSA) is 120 Å². The fraction of sp³-hybridized carbons (Fsp3) is 0.344. The zero-order valence-corrected chi connectivity index (χ0v) is 25.0. The molecule has 3 aromatic rings. The molecule has 1 fully saturated rings. The second-order valence-electron chi connectivity index (χ2n) is 11.2. The summed E-state index contributed by atoms with van der Waals surface area (Å²) in [6.45, 7) is 4.21. The summed E-state index contributed by atoms with van der Waals surface area (Å²) in [5, 5.41) is 3.38. The number of amides is 3. The van der Waals surface area contributed by atoms with Crippen LogP contribution in [0.2, 0.25) is 5.02 Å². The van der Waals surface area contributed by atoms with Gasteiger partial charge in [-0.05, 0) is 73.5 Å². The molecule has 226 valence electrons. The van der Waals surface area contributed by atoms with Crippen LogP contribution in [0.3, 0.4) is 0 Å². The molecular weight excluding hydrogens is 572 g/mol. The van der Waals surface area contributed by atoms with Gasteiger partial charge in [-0.25, -0.2) is 9.59 Å². The average Bonchev–Trinajstić information content (AvgIpc) is 3.60. The molecule has 3 aromatic carbocycles. The molecule has 0 aliphatic carbocycles. The Morgan fingerprint density at radius 2 is 1.84 bits per heavy atom. The number of halogens is 1. The van der Waals surface area contributed by atoms with E-state index in [-0.39, 0.29) is 25.9 Å². The molecule has 0 bridgehead atoms. The smallest absolute Gasteiger partial charge is 0.338 e. The number of quaternary nitrogens is 1. The third-order valence-electron chi connectivity index (χ3n) is 7.79. The van der Waals surface area contributed by atoms with Gasteiger partial charge in [-0.15, -0.1) is 0 Å². The number of likely N-dealkylation sites (tertiary alicyclic amines) is 1. The molecule has 11 heteroatoms. The van der Waals surface area contributed by atoms with Crippen LogP contribution in [0.5, 0.6) is 11.5 Å². The summed E-state index contributed by atoms with van der Waals surface area (Å²) in [6, 6.07) is 17.5. The predicted octanol–water partition coefficient (Wildman–Crippen LogP) is 4.60. The largest absolute Gasteiger partial charge is 0.462 e. The van der Waals surface area contributed by atoms with Crippen LogP contribution in [-0.2, 0) is 22.5 Å². The van der Waals surface area contributed by atoms with Crippen molar-refractivity contribution in [2.45, 2.75) is 38.4 Å². The molecule has 2 heterocycles. The van der Waals surface area contributed by atoms with Crippen molar-refractivity contribution in [1.29, 1.82) is 0 Å². The normalized spacial score (nSPS) is 19.5. The van der Waals surface area contributed by atoms with Crippen LogP contribution in [0.4, 0.5) is 10.5 Å². The summed E-state index contributed by atoms with van der Waals surface area (Å²) >= 11 is 6.15. The van der Waals surface area contributed by atoms with Crippen molar-refractivity contribution in [2.75, 3.05) is 38.9 Å². The number of likely N-dealkylation sites (N-methyl/N-ethyl adjacent to an activating group) is 1. The number of nitrogens with one attached hydrogen (secondary N) is 1. The van der Waals surface area contributed by atoms with E-state index in [2.05, 4.69) is 12.4 Å². The molecule has 0 radical (unpaired) electrons. The summed E-state index contributed by atoms with van der Waals surface area (Å²) < 4.78 is 16.6. The molecule has 43 heavy (non-hydrogen) atoms. The highest BCUT2D eigenvalue weighted by molar-refractivity contribution is 6.30. The Morgan fingerprint density at radius 3 is 2.58 bits per heavy atom. The van der Waals surface area contributed by atoms with E-state index >= 15 is 0 Å². The second kappa shape index (κ2) is 13.0. The zero-order chi connectivity index (χ0) is 30.6. The standard InChI is InChI=1S/C32H35ClN4O6/c1-3-41-31(39)23-8-10-25(11-9-23)35-32(40)36(30(38)27(34)16-21-5-4-6-24(33)15-21)26-13-14-37(2,19-26)18-22-7-12-28-29(17-22)43-20-42-28/h4-12,15,17,26-27H,3,13-14,16,18-20,34H2,1-2H3/p+1/t26-,27-,37?/m0/s1. The van der Waals surface area contributed by atoms with Crippen molar-refractivity contribution >= 4 is 35.2 Å². The van der Waals surface area contributed by atoms with E-state index in [4.69, 9.17) is 31.5 Å². The lowest BCUT2D eigenvalue weighted by atomic mass is 10.0. The summed E-state index contributed by atoms with van der Waals surface area (Å²) in [6.07, 6.45) is 0.847. The number of nitrogens with two attached hydrogens (primary N) is 1. The van der Waals surface area contributed by atoms with Crippen molar-refractivity contribution in [1.82, 2.24) is 4.90 Å². The fourth-order valence-corrected chi connectivity index (χ4v) is 5.92. The van der Waals surface area contributed by atoms with Gasteiger partial charge in [0.05, 0.1) is 37.8 Å². The van der Waals surface area contributed by atoms with E-state index in [0.29, 0.717) is 40.3 Å². The number of carbonyl (C=O) groups excluding carboxylic acids is 3. The summed E-state index contributed by atoms with van der Waals surface area (Å²) in [7, 11) is 2.12. The van der Waals surface area contributed by atoms with E-state index in [1.807, 2.05) is 24.3 Å². The number of urea groups is 1. The van der Waals surface area contributed by atoms with Crippen molar-refractivity contribution in [2.24, 2.45) is 5.73 Å². The quantitative estimate of drug-likeness (QED) is 0.270. The molecule has 1 unspecified atom stereocenters. The first kappa shape index (κ1) is 30.3. The number of anilines is 1. The molecule has 0 spiro atoms. The first-order chi connectivity index (χ1) is 20.6. The highest BCUT2D eigenvalue weighted by Gasteiger charge is 2.43. The van der Waals surface area contributed by atoms with Crippen LogP contribution in [0, 0.1) is 0 Å². The van der Waals surface area contributed by atoms with Gasteiger partial charge in [0.2, 0.25) is 12.7 Å². The van der Waals surface area contributed by atoms with Gasteiger partial charge in [0, 0.05) is 22.7 Å². The SMILES string of the molecule is CCOC(=O)c1ccc(NC(=O)N(C(=O)[C@@H](N)Cc2cccc(Cl)c2)[C@H]2CC[N+](C)(Cc3ccc4c(c3)OCO4)C2)cc1. The van der Waals surface area contributed by atoms with Gasteiger partial charge in [0.15, 0.2) is 11.5 Å². The first-order valence-electron chi connectivity index (χ1n) is 14.3. The number of hydrogen-bond acceptors (Lipinski definition) is 7. The summed E-state index contributed by atoms with van der Waals surface area (Å²) in [5.41, 5.74) is 9.11. The Kier molecular flexibility index (Phi) is 9.19. The van der Waals surface area contributed by atoms with Crippen molar-refractivity contribution in [3.63, 3.8) is 0 Å². The van der Waals surface area contributed by atoms with Crippen molar-refractivity contribution < 1.29 is 33.1 Å². The minimum atomic E-state index is -0.955. The molecule has 0 aromatic heterocycles. The molecule has 0 saturated carbocycles. The number of hydrogen-bond donors (Lipinski definition) is 2. The van der Waals surface area contributed by atoms with Crippen molar-refractivity contribution in [3.8, 4) is 11.5 Å². The van der Waals surface area contributed by atoms with E-state index in [9.17, 15) is 14.4 Å². The first-order valence-corrected chi connectivity index (χ1v) is 14.7. The molecular formula is C32H36ClN4O6+. The molecule has 1 saturated heterocycles. The van der Waals surface area contributed by atoms with Gasteiger partial charge in [0.1, 0.15) is 13.1 Å². The van der Waals surface area contributed by atoms with Crippen LogP contribution in [0.1, 0.15) is 34.8 Å². The Hall–Kier alpha value is -4.12. The molecule has 5 rings (SSSR count). The van der Waals surface area contributed by atoms with E-state index in [1.165, 1.54) is 4.90 Å².